The van der Waals surface area contributed by atoms with E-state index in [0.717, 1.165) is 23.4 Å². The van der Waals surface area contributed by atoms with Crippen molar-refractivity contribution >= 4 is 5.90 Å². The average molecular weight is 338 g/mol. The maximum Gasteiger partial charge on any atom is 0.340 e. The molecule has 0 aliphatic carbocycles. The van der Waals surface area contributed by atoms with Crippen molar-refractivity contribution in [1.29, 1.82) is 0 Å². The largest absolute Gasteiger partial charge is 0.445 e. The molecule has 0 fully saturated rings. The van der Waals surface area contributed by atoms with Gasteiger partial charge in [0.15, 0.2) is 5.54 Å². The molecule has 0 bridgehead atoms. The first-order valence-corrected chi connectivity index (χ1v) is 8.93. The highest BCUT2D eigenvalue weighted by atomic mass is 16.5. The van der Waals surface area contributed by atoms with Crippen molar-refractivity contribution in [2.24, 2.45) is 0 Å². The van der Waals surface area contributed by atoms with Crippen molar-refractivity contribution in [2.75, 3.05) is 7.05 Å². The lowest BCUT2D eigenvalue weighted by Gasteiger charge is -2.35. The van der Waals surface area contributed by atoms with Gasteiger partial charge in [0.1, 0.15) is 25.2 Å². The molecule has 0 spiro atoms. The van der Waals surface area contributed by atoms with Gasteiger partial charge < -0.3 is 9.84 Å². The maximum absolute atomic E-state index is 11.8. The van der Waals surface area contributed by atoms with Crippen LogP contribution >= 0.6 is 0 Å². The Bertz CT molecular complexity index is 711. The summed E-state index contributed by atoms with van der Waals surface area (Å²) in [5.74, 6) is 0.832. The zero-order valence-corrected chi connectivity index (χ0v) is 15.6. The van der Waals surface area contributed by atoms with Gasteiger partial charge in [-0.3, -0.25) is 0 Å². The standard InChI is InChI=1S/C22H28NO2/c1-17-15-21(2,3)23(4)20(25-17)16-22(24,18-11-7-5-8-12-18)19-13-9-6-10-14-19/h5-14,17,24H,15-16H2,1-4H3/q+1. The second-order valence-corrected chi connectivity index (χ2v) is 7.67. The van der Waals surface area contributed by atoms with Gasteiger partial charge in [-0.15, -0.1) is 0 Å². The Balaban J connectivity index is 2.08. The van der Waals surface area contributed by atoms with E-state index in [1.807, 2.05) is 60.7 Å². The fraction of sp³-hybridized carbons (Fsp3) is 0.409. The third kappa shape index (κ3) is 3.47. The molecule has 2 aromatic rings. The molecule has 1 aliphatic heterocycles. The zero-order valence-electron chi connectivity index (χ0n) is 15.6. The lowest BCUT2D eigenvalue weighted by atomic mass is 9.83. The second-order valence-electron chi connectivity index (χ2n) is 7.67. The quantitative estimate of drug-likeness (QED) is 0.857. The predicted molar refractivity (Wildman–Crippen MR) is 101 cm³/mol. The van der Waals surface area contributed by atoms with E-state index < -0.39 is 5.60 Å². The Labute approximate surface area is 150 Å². The molecule has 0 amide bonds. The highest BCUT2D eigenvalue weighted by molar-refractivity contribution is 5.74. The van der Waals surface area contributed by atoms with Crippen LogP contribution < -0.4 is 0 Å². The van der Waals surface area contributed by atoms with Crippen LogP contribution in [-0.4, -0.2) is 34.3 Å². The fourth-order valence-electron chi connectivity index (χ4n) is 3.71. The van der Waals surface area contributed by atoms with Crippen molar-refractivity contribution in [3.63, 3.8) is 0 Å². The van der Waals surface area contributed by atoms with Gasteiger partial charge in [0.2, 0.25) is 0 Å². The highest BCUT2D eigenvalue weighted by Gasteiger charge is 2.44. The molecule has 1 aliphatic rings. The summed E-state index contributed by atoms with van der Waals surface area (Å²) in [7, 11) is 2.05. The summed E-state index contributed by atoms with van der Waals surface area (Å²) in [5, 5.41) is 11.8. The van der Waals surface area contributed by atoms with Crippen LogP contribution in [0.2, 0.25) is 0 Å². The van der Waals surface area contributed by atoms with Crippen molar-refractivity contribution in [1.82, 2.24) is 0 Å². The molecule has 3 rings (SSSR count). The number of aliphatic hydroxyl groups is 1. The van der Waals surface area contributed by atoms with Crippen LogP contribution in [0.3, 0.4) is 0 Å². The smallest absolute Gasteiger partial charge is 0.340 e. The van der Waals surface area contributed by atoms with Crippen LogP contribution in [0.15, 0.2) is 60.7 Å². The van der Waals surface area contributed by atoms with E-state index in [2.05, 4.69) is 32.4 Å². The number of rotatable bonds is 4. The first-order valence-electron chi connectivity index (χ1n) is 8.93. The van der Waals surface area contributed by atoms with Gasteiger partial charge in [0.05, 0.1) is 0 Å². The van der Waals surface area contributed by atoms with Gasteiger partial charge >= 0.3 is 5.90 Å². The van der Waals surface area contributed by atoms with E-state index in [1.54, 1.807) is 0 Å². The molecule has 1 N–H and O–H groups in total. The number of benzene rings is 2. The minimum absolute atomic E-state index is 0.00128. The van der Waals surface area contributed by atoms with Crippen LogP contribution in [0.5, 0.6) is 0 Å². The third-order valence-electron chi connectivity index (χ3n) is 5.32. The summed E-state index contributed by atoms with van der Waals surface area (Å²) >= 11 is 0. The van der Waals surface area contributed by atoms with Gasteiger partial charge in [-0.1, -0.05) is 60.7 Å². The molecule has 2 aromatic carbocycles. The minimum Gasteiger partial charge on any atom is -0.445 e. The van der Waals surface area contributed by atoms with Crippen molar-refractivity contribution in [3.8, 4) is 0 Å². The Morgan fingerprint density at radius 1 is 1.04 bits per heavy atom. The van der Waals surface area contributed by atoms with Gasteiger partial charge in [-0.25, -0.2) is 4.58 Å². The minimum atomic E-state index is -1.13. The molecule has 1 atom stereocenters. The number of hydrogen-bond acceptors (Lipinski definition) is 2. The summed E-state index contributed by atoms with van der Waals surface area (Å²) in [6, 6.07) is 19.7. The number of hydrogen-bond donors (Lipinski definition) is 1. The molecule has 0 saturated heterocycles. The molecular weight excluding hydrogens is 310 g/mol. The molecule has 0 radical (unpaired) electrons. The van der Waals surface area contributed by atoms with E-state index in [4.69, 9.17) is 4.74 Å². The second kappa shape index (κ2) is 6.64. The fourth-order valence-corrected chi connectivity index (χ4v) is 3.71. The summed E-state index contributed by atoms with van der Waals surface area (Å²) in [6.07, 6.45) is 1.50. The SMILES string of the molecule is CC1CC(C)(C)[N+](C)=C(CC(O)(c2ccccc2)c2ccccc2)O1. The average Bonchev–Trinajstić information content (AvgIpc) is 2.60. The molecule has 1 heterocycles. The number of nitrogens with zero attached hydrogens (tertiary/aromatic N) is 1. The summed E-state index contributed by atoms with van der Waals surface area (Å²) < 4.78 is 8.33. The molecule has 3 heteroatoms. The Morgan fingerprint density at radius 3 is 2.00 bits per heavy atom. The molecule has 132 valence electrons. The van der Waals surface area contributed by atoms with E-state index >= 15 is 0 Å². The van der Waals surface area contributed by atoms with Gasteiger partial charge in [-0.2, -0.15) is 0 Å². The normalized spacial score (nSPS) is 20.3. The predicted octanol–water partition coefficient (Wildman–Crippen LogP) is 3.94. The lowest BCUT2D eigenvalue weighted by Crippen LogP contribution is -2.49. The summed E-state index contributed by atoms with van der Waals surface area (Å²) in [6.45, 7) is 6.53. The maximum atomic E-state index is 11.8. The Morgan fingerprint density at radius 2 is 1.52 bits per heavy atom. The third-order valence-corrected chi connectivity index (χ3v) is 5.32. The molecule has 0 saturated carbocycles. The van der Waals surface area contributed by atoms with Crippen molar-refractivity contribution in [2.45, 2.75) is 50.9 Å². The van der Waals surface area contributed by atoms with E-state index in [-0.39, 0.29) is 11.6 Å². The van der Waals surface area contributed by atoms with Crippen LogP contribution in [0.25, 0.3) is 0 Å². The summed E-state index contributed by atoms with van der Waals surface area (Å²) in [4.78, 5) is 0. The monoisotopic (exact) mass is 338 g/mol. The van der Waals surface area contributed by atoms with Crippen LogP contribution in [0, 0.1) is 0 Å². The van der Waals surface area contributed by atoms with Crippen LogP contribution in [0.4, 0.5) is 0 Å². The van der Waals surface area contributed by atoms with Crippen LogP contribution in [-0.2, 0) is 10.3 Å². The van der Waals surface area contributed by atoms with Gasteiger partial charge in [0.25, 0.3) is 0 Å². The first-order chi connectivity index (χ1) is 11.8. The molecule has 0 aromatic heterocycles. The summed E-state index contributed by atoms with van der Waals surface area (Å²) in [5.41, 5.74) is 0.629. The molecular formula is C22H28NO2+. The van der Waals surface area contributed by atoms with Gasteiger partial charge in [-0.05, 0) is 18.1 Å². The van der Waals surface area contributed by atoms with Crippen molar-refractivity contribution in [3.05, 3.63) is 71.8 Å². The van der Waals surface area contributed by atoms with Crippen LogP contribution in [0.1, 0.15) is 44.7 Å². The molecule has 25 heavy (non-hydrogen) atoms. The molecule has 1 unspecified atom stereocenters. The topological polar surface area (TPSA) is 32.5 Å². The highest BCUT2D eigenvalue weighted by Crippen LogP contribution is 2.35. The zero-order chi connectivity index (χ0) is 18.1. The van der Waals surface area contributed by atoms with E-state index in [0.29, 0.717) is 6.42 Å². The van der Waals surface area contributed by atoms with Crippen molar-refractivity contribution < 1.29 is 14.4 Å². The Hall–Kier alpha value is -2.13. The van der Waals surface area contributed by atoms with E-state index in [1.165, 1.54) is 0 Å². The first kappa shape index (κ1) is 17.7. The molecule has 3 nitrogen and oxygen atoms in total. The Kier molecular flexibility index (Phi) is 4.70. The number of ether oxygens (including phenoxy) is 1. The van der Waals surface area contributed by atoms with Gasteiger partial charge in [0, 0.05) is 20.3 Å². The van der Waals surface area contributed by atoms with E-state index in [9.17, 15) is 5.11 Å². The lowest BCUT2D eigenvalue weighted by molar-refractivity contribution is -0.595.